The molecule has 2 N–H and O–H groups in total. The van der Waals surface area contributed by atoms with Gasteiger partial charge in [-0.25, -0.2) is 0 Å². The number of carbonyl (C=O) groups is 2. The summed E-state index contributed by atoms with van der Waals surface area (Å²) in [7, 11) is 0. The lowest BCUT2D eigenvalue weighted by Crippen LogP contribution is -2.27. The van der Waals surface area contributed by atoms with Crippen molar-refractivity contribution in [2.24, 2.45) is 0 Å². The van der Waals surface area contributed by atoms with Crippen LogP contribution in [0.2, 0.25) is 0 Å². The highest BCUT2D eigenvalue weighted by molar-refractivity contribution is 7.16. The van der Waals surface area contributed by atoms with Crippen molar-refractivity contribution < 1.29 is 9.59 Å². The van der Waals surface area contributed by atoms with Gasteiger partial charge in [-0.15, -0.1) is 11.3 Å². The zero-order valence-electron chi connectivity index (χ0n) is 12.2. The van der Waals surface area contributed by atoms with E-state index in [4.69, 9.17) is 5.26 Å². The van der Waals surface area contributed by atoms with Crippen LogP contribution in [0.4, 0.5) is 5.00 Å². The number of carbonyl (C=O) groups excluding carboxylic acids is 2. The fourth-order valence-electron chi connectivity index (χ4n) is 1.82. The second kappa shape index (κ2) is 7.20. The minimum atomic E-state index is -0.219. The van der Waals surface area contributed by atoms with Crippen LogP contribution >= 0.6 is 22.7 Å². The molecule has 2 amide bonds. The summed E-state index contributed by atoms with van der Waals surface area (Å²) in [6.45, 7) is 4.03. The van der Waals surface area contributed by atoms with Crippen LogP contribution in [-0.2, 0) is 4.79 Å². The number of aryl methyl sites for hydroxylation is 1. The predicted octanol–water partition coefficient (Wildman–Crippen LogP) is 3.06. The van der Waals surface area contributed by atoms with Gasteiger partial charge in [0.2, 0.25) is 5.91 Å². The van der Waals surface area contributed by atoms with Gasteiger partial charge >= 0.3 is 0 Å². The van der Waals surface area contributed by atoms with Crippen molar-refractivity contribution >= 4 is 39.5 Å². The molecule has 7 heteroatoms. The monoisotopic (exact) mass is 333 g/mol. The van der Waals surface area contributed by atoms with E-state index in [2.05, 4.69) is 16.7 Å². The molecule has 2 rings (SSSR count). The highest BCUT2D eigenvalue weighted by Crippen LogP contribution is 2.31. The van der Waals surface area contributed by atoms with Gasteiger partial charge in [0.05, 0.1) is 5.56 Å². The molecule has 0 radical (unpaired) electrons. The number of rotatable bonds is 5. The Balaban J connectivity index is 1.85. The van der Waals surface area contributed by atoms with E-state index in [-0.39, 0.29) is 24.8 Å². The molecule has 0 fully saturated rings. The predicted molar refractivity (Wildman–Crippen MR) is 88.4 cm³/mol. The van der Waals surface area contributed by atoms with E-state index in [9.17, 15) is 9.59 Å². The van der Waals surface area contributed by atoms with Gasteiger partial charge in [0.1, 0.15) is 11.1 Å². The second-order valence-corrected chi connectivity index (χ2v) is 6.67. The van der Waals surface area contributed by atoms with Crippen LogP contribution in [-0.4, -0.2) is 18.4 Å². The van der Waals surface area contributed by atoms with Crippen LogP contribution in [0.15, 0.2) is 16.8 Å². The second-order valence-electron chi connectivity index (χ2n) is 4.67. The Morgan fingerprint density at radius 1 is 1.36 bits per heavy atom. The van der Waals surface area contributed by atoms with Crippen molar-refractivity contribution in [1.29, 1.82) is 5.26 Å². The number of nitrogens with zero attached hydrogens (tertiary/aromatic N) is 1. The van der Waals surface area contributed by atoms with E-state index in [1.54, 1.807) is 11.4 Å². The summed E-state index contributed by atoms with van der Waals surface area (Å²) in [4.78, 5) is 24.6. The molecule has 2 aromatic heterocycles. The number of hydrogen-bond acceptors (Lipinski definition) is 5. The van der Waals surface area contributed by atoms with Gasteiger partial charge in [-0.2, -0.15) is 16.6 Å². The van der Waals surface area contributed by atoms with Gasteiger partial charge < -0.3 is 10.6 Å². The summed E-state index contributed by atoms with van der Waals surface area (Å²) in [5.41, 5.74) is 2.01. The molecule has 114 valence electrons. The smallest absolute Gasteiger partial charge is 0.252 e. The number of amides is 2. The lowest BCUT2D eigenvalue weighted by atomic mass is 10.2. The van der Waals surface area contributed by atoms with Crippen LogP contribution in [0, 0.1) is 25.2 Å². The Morgan fingerprint density at radius 3 is 2.77 bits per heavy atom. The van der Waals surface area contributed by atoms with E-state index in [1.807, 2.05) is 19.2 Å². The number of hydrogen-bond donors (Lipinski definition) is 2. The zero-order chi connectivity index (χ0) is 16.1. The quantitative estimate of drug-likeness (QED) is 0.882. The van der Waals surface area contributed by atoms with Gasteiger partial charge in [-0.05, 0) is 30.9 Å². The van der Waals surface area contributed by atoms with Crippen LogP contribution in [0.1, 0.15) is 32.8 Å². The summed E-state index contributed by atoms with van der Waals surface area (Å²) in [5, 5.41) is 18.7. The summed E-state index contributed by atoms with van der Waals surface area (Å²) in [5.74, 6) is -0.405. The third kappa shape index (κ3) is 3.72. The maximum Gasteiger partial charge on any atom is 0.252 e. The molecule has 0 atom stereocenters. The van der Waals surface area contributed by atoms with Gasteiger partial charge in [0.15, 0.2) is 0 Å². The minimum absolute atomic E-state index is 0.163. The van der Waals surface area contributed by atoms with Crippen molar-refractivity contribution in [2.45, 2.75) is 20.3 Å². The van der Waals surface area contributed by atoms with E-state index >= 15 is 0 Å². The van der Waals surface area contributed by atoms with E-state index < -0.39 is 0 Å². The van der Waals surface area contributed by atoms with Crippen molar-refractivity contribution in [3.63, 3.8) is 0 Å². The van der Waals surface area contributed by atoms with E-state index in [0.29, 0.717) is 16.1 Å². The molecule has 0 spiro atoms. The molecule has 2 aromatic rings. The maximum atomic E-state index is 11.9. The third-order valence-corrected chi connectivity index (χ3v) is 4.98. The van der Waals surface area contributed by atoms with Gasteiger partial charge in [-0.1, -0.05) is 0 Å². The van der Waals surface area contributed by atoms with Crippen LogP contribution in [0.5, 0.6) is 0 Å². The number of nitriles is 1. The number of anilines is 1. The Bertz CT molecular complexity index is 727. The average molecular weight is 333 g/mol. The minimum Gasteiger partial charge on any atom is -0.351 e. The average Bonchev–Trinajstić information content (AvgIpc) is 3.09. The topological polar surface area (TPSA) is 82.0 Å². The summed E-state index contributed by atoms with van der Waals surface area (Å²) >= 11 is 2.84. The normalized spacial score (nSPS) is 10.0. The molecule has 0 bridgehead atoms. The number of nitrogens with one attached hydrogen (secondary N) is 2. The summed E-state index contributed by atoms with van der Waals surface area (Å²) < 4.78 is 0. The Hall–Kier alpha value is -2.17. The molecule has 0 aliphatic carbocycles. The fourth-order valence-corrected chi connectivity index (χ4v) is 3.49. The lowest BCUT2D eigenvalue weighted by molar-refractivity contribution is -0.116. The van der Waals surface area contributed by atoms with Crippen LogP contribution in [0.25, 0.3) is 0 Å². The van der Waals surface area contributed by atoms with Crippen molar-refractivity contribution in [2.75, 3.05) is 11.9 Å². The molecule has 22 heavy (non-hydrogen) atoms. The molecule has 0 unspecified atom stereocenters. The first-order chi connectivity index (χ1) is 10.5. The maximum absolute atomic E-state index is 11.9. The van der Waals surface area contributed by atoms with Gasteiger partial charge in [0.25, 0.3) is 5.91 Å². The molecule has 0 aromatic carbocycles. The first-order valence-electron chi connectivity index (χ1n) is 6.63. The molecule has 0 saturated heterocycles. The van der Waals surface area contributed by atoms with Crippen molar-refractivity contribution in [1.82, 2.24) is 5.32 Å². The zero-order valence-corrected chi connectivity index (χ0v) is 13.9. The highest BCUT2D eigenvalue weighted by atomic mass is 32.1. The molecule has 0 saturated carbocycles. The van der Waals surface area contributed by atoms with E-state index in [1.165, 1.54) is 22.7 Å². The molecule has 5 nitrogen and oxygen atoms in total. The van der Waals surface area contributed by atoms with Gasteiger partial charge in [0, 0.05) is 28.8 Å². The fraction of sp³-hybridized carbons (Fsp3) is 0.267. The van der Waals surface area contributed by atoms with Crippen LogP contribution < -0.4 is 10.6 Å². The summed E-state index contributed by atoms with van der Waals surface area (Å²) in [6, 6.07) is 3.84. The molecular weight excluding hydrogens is 318 g/mol. The number of thiophene rings is 2. The standard InChI is InChI=1S/C15H15N3O2S2/c1-9-10(2)22-15(12(9)7-16)18-13(19)3-5-17-14(20)11-4-6-21-8-11/h4,6,8H,3,5H2,1-2H3,(H,17,20)(H,18,19). The van der Waals surface area contributed by atoms with Crippen molar-refractivity contribution in [3.05, 3.63) is 38.4 Å². The molecule has 0 aliphatic heterocycles. The summed E-state index contributed by atoms with van der Waals surface area (Å²) in [6.07, 6.45) is 0.163. The van der Waals surface area contributed by atoms with E-state index in [0.717, 1.165) is 10.4 Å². The molecule has 2 heterocycles. The Labute approximate surface area is 136 Å². The Kier molecular flexibility index (Phi) is 5.31. The largest absolute Gasteiger partial charge is 0.351 e. The lowest BCUT2D eigenvalue weighted by Gasteiger charge is -2.05. The molecule has 0 aliphatic rings. The van der Waals surface area contributed by atoms with Gasteiger partial charge in [-0.3, -0.25) is 9.59 Å². The third-order valence-electron chi connectivity index (χ3n) is 3.17. The first kappa shape index (κ1) is 16.2. The van der Waals surface area contributed by atoms with Crippen molar-refractivity contribution in [3.8, 4) is 6.07 Å². The first-order valence-corrected chi connectivity index (χ1v) is 8.39. The highest BCUT2D eigenvalue weighted by Gasteiger charge is 2.14. The van der Waals surface area contributed by atoms with Crippen LogP contribution in [0.3, 0.4) is 0 Å². The Morgan fingerprint density at radius 2 is 2.14 bits per heavy atom. The SMILES string of the molecule is Cc1sc(NC(=O)CCNC(=O)c2ccsc2)c(C#N)c1C. The molecular formula is C15H15N3O2S2.